The number of hydrogen-bond acceptors (Lipinski definition) is 3. The maximum Gasteiger partial charge on any atom is 0.269 e. The van der Waals surface area contributed by atoms with Gasteiger partial charge in [-0.05, 0) is 45.2 Å². The number of nitrogens with zero attached hydrogens (tertiary/aromatic N) is 2. The first-order valence-electron chi connectivity index (χ1n) is 7.82. The smallest absolute Gasteiger partial charge is 0.269 e. The van der Waals surface area contributed by atoms with Crippen molar-refractivity contribution in [1.29, 1.82) is 0 Å². The number of benzene rings is 1. The summed E-state index contributed by atoms with van der Waals surface area (Å²) in [6.07, 6.45) is 3.59. The molecule has 5 heteroatoms. The van der Waals surface area contributed by atoms with Gasteiger partial charge in [0.05, 0.1) is 5.71 Å². The van der Waals surface area contributed by atoms with Crippen LogP contribution in [0.15, 0.2) is 29.4 Å². The summed E-state index contributed by atoms with van der Waals surface area (Å²) < 4.78 is 13.3. The molecule has 2 atom stereocenters. The van der Waals surface area contributed by atoms with Gasteiger partial charge in [0.2, 0.25) is 5.60 Å². The molecule has 3 rings (SSSR count). The zero-order valence-corrected chi connectivity index (χ0v) is 13.0. The number of rotatable bonds is 2. The van der Waals surface area contributed by atoms with Crippen LogP contribution in [-0.2, 0) is 9.63 Å². The van der Waals surface area contributed by atoms with Gasteiger partial charge in [-0.3, -0.25) is 4.79 Å². The van der Waals surface area contributed by atoms with Crippen LogP contribution in [0.2, 0.25) is 0 Å². The van der Waals surface area contributed by atoms with Crippen molar-refractivity contribution < 1.29 is 14.0 Å². The molecule has 0 unspecified atom stereocenters. The van der Waals surface area contributed by atoms with E-state index in [2.05, 4.69) is 12.1 Å². The van der Waals surface area contributed by atoms with Gasteiger partial charge in [0, 0.05) is 24.6 Å². The van der Waals surface area contributed by atoms with Crippen LogP contribution in [0.3, 0.4) is 0 Å². The first-order chi connectivity index (χ1) is 10.5. The maximum absolute atomic E-state index is 13.3. The summed E-state index contributed by atoms with van der Waals surface area (Å²) in [4.78, 5) is 20.2. The highest BCUT2D eigenvalue weighted by atomic mass is 19.1. The van der Waals surface area contributed by atoms with Crippen LogP contribution in [0.25, 0.3) is 0 Å². The highest BCUT2D eigenvalue weighted by Crippen LogP contribution is 2.31. The second-order valence-electron chi connectivity index (χ2n) is 6.39. The van der Waals surface area contributed by atoms with Crippen LogP contribution in [0.5, 0.6) is 0 Å². The van der Waals surface area contributed by atoms with Crippen LogP contribution in [0.1, 0.15) is 45.1 Å². The Kier molecular flexibility index (Phi) is 3.89. The summed E-state index contributed by atoms with van der Waals surface area (Å²) in [5.74, 6) is -0.334. The maximum atomic E-state index is 13.3. The number of oxime groups is 1. The fourth-order valence-electron chi connectivity index (χ4n) is 3.18. The Morgan fingerprint density at radius 3 is 3.00 bits per heavy atom. The molecule has 0 bridgehead atoms. The minimum Gasteiger partial charge on any atom is -0.379 e. The van der Waals surface area contributed by atoms with Gasteiger partial charge < -0.3 is 9.74 Å². The summed E-state index contributed by atoms with van der Waals surface area (Å²) in [5, 5.41) is 4.04. The average molecular weight is 304 g/mol. The number of amides is 1. The number of piperidine rings is 1. The largest absolute Gasteiger partial charge is 0.379 e. The molecule has 2 aliphatic heterocycles. The lowest BCUT2D eigenvalue weighted by molar-refractivity contribution is -0.156. The van der Waals surface area contributed by atoms with E-state index in [0.717, 1.165) is 25.8 Å². The molecule has 2 heterocycles. The minimum absolute atomic E-state index is 0.0187. The zero-order chi connectivity index (χ0) is 15.7. The van der Waals surface area contributed by atoms with Gasteiger partial charge in [-0.25, -0.2) is 4.39 Å². The Morgan fingerprint density at radius 2 is 2.27 bits per heavy atom. The van der Waals surface area contributed by atoms with E-state index in [0.29, 0.717) is 17.7 Å². The third-order valence-corrected chi connectivity index (χ3v) is 4.54. The van der Waals surface area contributed by atoms with Gasteiger partial charge in [-0.2, -0.15) is 0 Å². The summed E-state index contributed by atoms with van der Waals surface area (Å²) in [5.41, 5.74) is 0.316. The number of carbonyl (C=O) groups is 1. The van der Waals surface area contributed by atoms with Crippen molar-refractivity contribution in [2.24, 2.45) is 5.16 Å². The van der Waals surface area contributed by atoms with Crippen LogP contribution < -0.4 is 0 Å². The molecule has 0 spiro atoms. The molecule has 0 saturated carbocycles. The molecule has 4 nitrogen and oxygen atoms in total. The van der Waals surface area contributed by atoms with Crippen LogP contribution in [-0.4, -0.2) is 34.7 Å². The second-order valence-corrected chi connectivity index (χ2v) is 6.39. The first kappa shape index (κ1) is 15.0. The summed E-state index contributed by atoms with van der Waals surface area (Å²) in [7, 11) is 0. The Balaban J connectivity index is 1.75. The quantitative estimate of drug-likeness (QED) is 0.842. The third-order valence-electron chi connectivity index (χ3n) is 4.54. The zero-order valence-electron chi connectivity index (χ0n) is 13.0. The monoisotopic (exact) mass is 304 g/mol. The van der Waals surface area contributed by atoms with Crippen molar-refractivity contribution in [3.63, 3.8) is 0 Å². The molecule has 1 amide bonds. The third kappa shape index (κ3) is 2.72. The Labute approximate surface area is 129 Å². The highest BCUT2D eigenvalue weighted by molar-refractivity contribution is 6.05. The predicted molar refractivity (Wildman–Crippen MR) is 82.1 cm³/mol. The summed E-state index contributed by atoms with van der Waals surface area (Å²) >= 11 is 0. The summed E-state index contributed by atoms with van der Waals surface area (Å²) in [6, 6.07) is 6.46. The van der Waals surface area contributed by atoms with Crippen LogP contribution in [0, 0.1) is 5.82 Å². The van der Waals surface area contributed by atoms with E-state index in [1.54, 1.807) is 19.1 Å². The molecule has 1 aromatic carbocycles. The number of halogens is 1. The van der Waals surface area contributed by atoms with E-state index >= 15 is 0 Å². The molecule has 0 N–H and O–H groups in total. The lowest BCUT2D eigenvalue weighted by Gasteiger charge is -2.37. The lowest BCUT2D eigenvalue weighted by atomic mass is 9.92. The number of hydrogen-bond donors (Lipinski definition) is 0. The van der Waals surface area contributed by atoms with Crippen molar-refractivity contribution in [2.75, 3.05) is 6.54 Å². The van der Waals surface area contributed by atoms with Gasteiger partial charge in [0.1, 0.15) is 5.82 Å². The van der Waals surface area contributed by atoms with E-state index in [9.17, 15) is 9.18 Å². The van der Waals surface area contributed by atoms with Gasteiger partial charge in [-0.15, -0.1) is 0 Å². The van der Waals surface area contributed by atoms with Gasteiger partial charge in [-0.1, -0.05) is 17.3 Å². The Morgan fingerprint density at radius 1 is 1.45 bits per heavy atom. The van der Waals surface area contributed by atoms with Gasteiger partial charge in [0.15, 0.2) is 0 Å². The molecule has 1 saturated heterocycles. The molecule has 118 valence electrons. The molecule has 1 fully saturated rings. The molecular weight excluding hydrogens is 283 g/mol. The lowest BCUT2D eigenvalue weighted by Crippen LogP contribution is -2.52. The fraction of sp³-hybridized carbons (Fsp3) is 0.529. The van der Waals surface area contributed by atoms with Crippen LogP contribution in [0.4, 0.5) is 4.39 Å². The molecule has 22 heavy (non-hydrogen) atoms. The van der Waals surface area contributed by atoms with Crippen molar-refractivity contribution in [3.05, 3.63) is 35.6 Å². The highest BCUT2D eigenvalue weighted by Gasteiger charge is 2.45. The molecular formula is C17H21FN2O2. The van der Waals surface area contributed by atoms with E-state index < -0.39 is 5.60 Å². The number of likely N-dealkylation sites (tertiary alicyclic amines) is 1. The first-order valence-corrected chi connectivity index (χ1v) is 7.82. The average Bonchev–Trinajstić information content (AvgIpc) is 2.91. The normalized spacial score (nSPS) is 28.2. The minimum atomic E-state index is -0.979. The van der Waals surface area contributed by atoms with Crippen molar-refractivity contribution in [1.82, 2.24) is 4.90 Å². The predicted octanol–water partition coefficient (Wildman–Crippen LogP) is 3.11. The van der Waals surface area contributed by atoms with Crippen molar-refractivity contribution in [3.8, 4) is 0 Å². The fourth-order valence-corrected chi connectivity index (χ4v) is 3.18. The van der Waals surface area contributed by atoms with Crippen LogP contribution >= 0.6 is 0 Å². The van der Waals surface area contributed by atoms with Gasteiger partial charge >= 0.3 is 0 Å². The van der Waals surface area contributed by atoms with E-state index in [1.807, 2.05) is 4.90 Å². The van der Waals surface area contributed by atoms with Gasteiger partial charge in [0.25, 0.3) is 5.91 Å². The Bertz CT molecular complexity index is 616. The Hall–Kier alpha value is -1.91. The topological polar surface area (TPSA) is 41.9 Å². The van der Waals surface area contributed by atoms with Crippen molar-refractivity contribution >= 4 is 11.6 Å². The van der Waals surface area contributed by atoms with E-state index in [1.165, 1.54) is 12.1 Å². The van der Waals surface area contributed by atoms with E-state index in [-0.39, 0.29) is 17.8 Å². The standard InChI is InChI=1S/C17H21FN2O2/c1-12-6-3-4-9-20(12)16(21)17(2)11-15(19-22-17)13-7-5-8-14(18)10-13/h5,7-8,10,12H,3-4,6,9,11H2,1-2H3/t12-,17-/m1/s1. The van der Waals surface area contributed by atoms with Crippen molar-refractivity contribution in [2.45, 2.75) is 51.2 Å². The molecule has 1 aromatic rings. The number of carbonyl (C=O) groups excluding carboxylic acids is 1. The molecule has 2 aliphatic rings. The molecule has 0 aliphatic carbocycles. The van der Waals surface area contributed by atoms with E-state index in [4.69, 9.17) is 4.84 Å². The SMILES string of the molecule is C[C@@H]1CCCCN1C(=O)[C@@]1(C)CC(c2cccc(F)c2)=NO1. The molecule has 0 radical (unpaired) electrons. The second kappa shape index (κ2) is 5.71. The molecule has 0 aromatic heterocycles. The summed E-state index contributed by atoms with van der Waals surface area (Å²) in [6.45, 7) is 4.62.